The third kappa shape index (κ3) is 2.21. The van der Waals surface area contributed by atoms with Gasteiger partial charge in [0.05, 0.1) is 0 Å². The van der Waals surface area contributed by atoms with Crippen molar-refractivity contribution in [1.29, 1.82) is 0 Å². The van der Waals surface area contributed by atoms with E-state index in [4.69, 9.17) is 5.73 Å². The van der Waals surface area contributed by atoms with Gasteiger partial charge in [0.2, 0.25) is 0 Å². The minimum absolute atomic E-state index is 0.351. The van der Waals surface area contributed by atoms with Gasteiger partial charge < -0.3 is 5.73 Å². The van der Waals surface area contributed by atoms with Crippen LogP contribution in [0.15, 0.2) is 0 Å². The molecule has 0 spiro atoms. The molecule has 0 radical (unpaired) electrons. The van der Waals surface area contributed by atoms with Crippen molar-refractivity contribution in [3.63, 3.8) is 0 Å². The Morgan fingerprint density at radius 1 is 1.07 bits per heavy atom. The number of nitrogens with two attached hydrogens (primary N) is 1. The molecule has 0 aromatic heterocycles. The first kappa shape index (κ1) is 11.4. The average molecular weight is 210 g/mol. The molecular formula is C13H26N2. The molecule has 1 aliphatic carbocycles. The van der Waals surface area contributed by atoms with Gasteiger partial charge in [-0.25, -0.2) is 0 Å². The Balaban J connectivity index is 2.08. The summed E-state index contributed by atoms with van der Waals surface area (Å²) in [5, 5.41) is 0. The summed E-state index contributed by atoms with van der Waals surface area (Å²) in [7, 11) is 0. The van der Waals surface area contributed by atoms with Crippen molar-refractivity contribution >= 4 is 0 Å². The topological polar surface area (TPSA) is 29.3 Å². The maximum Gasteiger partial charge on any atom is 0.0337 e. The van der Waals surface area contributed by atoms with Crippen molar-refractivity contribution in [2.75, 3.05) is 19.6 Å². The molecule has 2 rings (SSSR count). The van der Waals surface area contributed by atoms with Gasteiger partial charge in [-0.15, -0.1) is 0 Å². The maximum absolute atomic E-state index is 6.08. The lowest BCUT2D eigenvalue weighted by Crippen LogP contribution is -2.54. The molecule has 0 aromatic carbocycles. The normalized spacial score (nSPS) is 37.0. The number of piperidine rings is 1. The molecule has 0 amide bonds. The van der Waals surface area contributed by atoms with E-state index in [0.717, 1.165) is 6.54 Å². The predicted octanol–water partition coefficient (Wildman–Crippen LogP) is 2.38. The monoisotopic (exact) mass is 210 g/mol. The Morgan fingerprint density at radius 3 is 2.20 bits per heavy atom. The molecule has 1 unspecified atom stereocenters. The summed E-state index contributed by atoms with van der Waals surface area (Å²) in [6.45, 7) is 8.22. The zero-order valence-electron chi connectivity index (χ0n) is 10.4. The second kappa shape index (κ2) is 4.06. The molecule has 1 saturated carbocycles. The first-order valence-corrected chi connectivity index (χ1v) is 6.53. The minimum Gasteiger partial charge on any atom is -0.329 e. The summed E-state index contributed by atoms with van der Waals surface area (Å²) in [4.78, 5) is 2.70. The second-order valence-corrected chi connectivity index (χ2v) is 6.32. The quantitative estimate of drug-likeness (QED) is 0.758. The van der Waals surface area contributed by atoms with E-state index in [2.05, 4.69) is 18.7 Å². The summed E-state index contributed by atoms with van der Waals surface area (Å²) < 4.78 is 0. The van der Waals surface area contributed by atoms with Crippen molar-refractivity contribution in [1.82, 2.24) is 4.90 Å². The number of likely N-dealkylation sites (tertiary alicyclic amines) is 1. The van der Waals surface area contributed by atoms with Crippen LogP contribution in [-0.4, -0.2) is 30.1 Å². The fourth-order valence-electron chi connectivity index (χ4n) is 3.58. The third-order valence-electron chi connectivity index (χ3n) is 4.48. The Morgan fingerprint density at radius 2 is 1.73 bits per heavy atom. The fraction of sp³-hybridized carbons (Fsp3) is 1.00. The Kier molecular flexibility index (Phi) is 3.09. The Labute approximate surface area is 94.2 Å². The molecule has 2 aliphatic rings. The molecule has 2 heteroatoms. The van der Waals surface area contributed by atoms with Crippen LogP contribution in [0.25, 0.3) is 0 Å². The lowest BCUT2D eigenvalue weighted by atomic mass is 9.86. The third-order valence-corrected chi connectivity index (χ3v) is 4.48. The smallest absolute Gasteiger partial charge is 0.0337 e. The molecule has 2 nitrogen and oxygen atoms in total. The molecule has 0 aromatic rings. The van der Waals surface area contributed by atoms with Crippen LogP contribution in [0.4, 0.5) is 0 Å². The average Bonchev–Trinajstić information content (AvgIpc) is 2.57. The van der Waals surface area contributed by atoms with Crippen LogP contribution in [0.5, 0.6) is 0 Å². The van der Waals surface area contributed by atoms with Gasteiger partial charge in [0, 0.05) is 12.1 Å². The largest absolute Gasteiger partial charge is 0.329 e. The van der Waals surface area contributed by atoms with Gasteiger partial charge in [0.25, 0.3) is 0 Å². The number of hydrogen-bond acceptors (Lipinski definition) is 2. The van der Waals surface area contributed by atoms with Gasteiger partial charge in [-0.2, -0.15) is 0 Å². The van der Waals surface area contributed by atoms with Gasteiger partial charge in [-0.05, 0) is 50.6 Å². The van der Waals surface area contributed by atoms with Crippen LogP contribution in [-0.2, 0) is 0 Å². The summed E-state index contributed by atoms with van der Waals surface area (Å²) in [5.74, 6) is 0. The molecule has 2 N–H and O–H groups in total. The van der Waals surface area contributed by atoms with Gasteiger partial charge in [0.1, 0.15) is 0 Å². The van der Waals surface area contributed by atoms with Gasteiger partial charge in [-0.1, -0.05) is 20.3 Å². The SMILES string of the molecule is CC1(C)CCC(CN)(N2CCCCC2)C1. The highest BCUT2D eigenvalue weighted by Crippen LogP contribution is 2.46. The molecule has 15 heavy (non-hydrogen) atoms. The van der Waals surface area contributed by atoms with E-state index < -0.39 is 0 Å². The van der Waals surface area contributed by atoms with E-state index in [-0.39, 0.29) is 0 Å². The maximum atomic E-state index is 6.08. The van der Waals surface area contributed by atoms with Crippen molar-refractivity contribution < 1.29 is 0 Å². The number of hydrogen-bond donors (Lipinski definition) is 1. The van der Waals surface area contributed by atoms with Crippen molar-refractivity contribution in [3.8, 4) is 0 Å². The highest BCUT2D eigenvalue weighted by molar-refractivity contribution is 5.02. The lowest BCUT2D eigenvalue weighted by molar-refractivity contribution is 0.0685. The van der Waals surface area contributed by atoms with Gasteiger partial charge in [0.15, 0.2) is 0 Å². The fourth-order valence-corrected chi connectivity index (χ4v) is 3.58. The van der Waals surface area contributed by atoms with Crippen LogP contribution in [0, 0.1) is 5.41 Å². The summed E-state index contributed by atoms with van der Waals surface area (Å²) in [6, 6.07) is 0. The second-order valence-electron chi connectivity index (χ2n) is 6.32. The molecule has 1 atom stereocenters. The van der Waals surface area contributed by atoms with E-state index >= 15 is 0 Å². The highest BCUT2D eigenvalue weighted by atomic mass is 15.2. The van der Waals surface area contributed by atoms with E-state index in [1.165, 1.54) is 51.6 Å². The highest BCUT2D eigenvalue weighted by Gasteiger charge is 2.45. The predicted molar refractivity (Wildman–Crippen MR) is 64.8 cm³/mol. The summed E-state index contributed by atoms with van der Waals surface area (Å²) in [6.07, 6.45) is 8.14. The van der Waals surface area contributed by atoms with Crippen molar-refractivity contribution in [3.05, 3.63) is 0 Å². The van der Waals surface area contributed by atoms with Crippen LogP contribution in [0.1, 0.15) is 52.4 Å². The molecule has 1 saturated heterocycles. The first-order valence-electron chi connectivity index (χ1n) is 6.53. The summed E-state index contributed by atoms with van der Waals surface area (Å²) in [5.41, 5.74) is 6.94. The lowest BCUT2D eigenvalue weighted by Gasteiger charge is -2.43. The number of rotatable bonds is 2. The summed E-state index contributed by atoms with van der Waals surface area (Å²) >= 11 is 0. The standard InChI is InChI=1S/C13H26N2/c1-12(2)6-7-13(10-12,11-14)15-8-4-3-5-9-15/h3-11,14H2,1-2H3. The van der Waals surface area contributed by atoms with E-state index in [9.17, 15) is 0 Å². The van der Waals surface area contributed by atoms with Crippen LogP contribution >= 0.6 is 0 Å². The zero-order chi connectivity index (χ0) is 10.9. The molecule has 1 heterocycles. The first-order chi connectivity index (χ1) is 7.08. The van der Waals surface area contributed by atoms with Gasteiger partial charge in [-0.3, -0.25) is 4.90 Å². The molecule has 1 aliphatic heterocycles. The van der Waals surface area contributed by atoms with E-state index in [1.54, 1.807) is 0 Å². The minimum atomic E-state index is 0.351. The van der Waals surface area contributed by atoms with Crippen LogP contribution < -0.4 is 5.73 Å². The van der Waals surface area contributed by atoms with Crippen molar-refractivity contribution in [2.24, 2.45) is 11.1 Å². The van der Waals surface area contributed by atoms with E-state index in [1.807, 2.05) is 0 Å². The Bertz CT molecular complexity index is 219. The molecule has 2 fully saturated rings. The van der Waals surface area contributed by atoms with Crippen LogP contribution in [0.3, 0.4) is 0 Å². The molecule has 88 valence electrons. The number of nitrogens with zero attached hydrogens (tertiary/aromatic N) is 1. The Hall–Kier alpha value is -0.0800. The van der Waals surface area contributed by atoms with E-state index in [0.29, 0.717) is 11.0 Å². The molecule has 0 bridgehead atoms. The van der Waals surface area contributed by atoms with Gasteiger partial charge >= 0.3 is 0 Å². The zero-order valence-corrected chi connectivity index (χ0v) is 10.4. The van der Waals surface area contributed by atoms with Crippen LogP contribution in [0.2, 0.25) is 0 Å². The van der Waals surface area contributed by atoms with Crippen molar-refractivity contribution in [2.45, 2.75) is 57.9 Å². The molecular weight excluding hydrogens is 184 g/mol.